The monoisotopic (exact) mass is 418 g/mol. The van der Waals surface area contributed by atoms with Gasteiger partial charge in [0.25, 0.3) is 5.91 Å². The zero-order chi connectivity index (χ0) is 21.4. The number of hydrogen-bond donors (Lipinski definition) is 2. The summed E-state index contributed by atoms with van der Waals surface area (Å²) in [7, 11) is -3.69. The minimum Gasteiger partial charge on any atom is -0.444 e. The molecule has 0 aliphatic heterocycles. The number of imide groups is 1. The lowest BCUT2D eigenvalue weighted by Crippen LogP contribution is -2.42. The Kier molecular flexibility index (Phi) is 7.49. The number of esters is 1. The van der Waals surface area contributed by atoms with Crippen LogP contribution in [0.2, 0.25) is 0 Å². The van der Waals surface area contributed by atoms with E-state index < -0.39 is 33.8 Å². The number of nitrogens with one attached hydrogen (secondary N) is 2. The van der Waals surface area contributed by atoms with Gasteiger partial charge in [-0.25, -0.2) is 18.0 Å². The Bertz CT molecular complexity index is 989. The lowest BCUT2D eigenvalue weighted by molar-refractivity contribution is -0.129. The highest BCUT2D eigenvalue weighted by Crippen LogP contribution is 2.23. The molecule has 0 radical (unpaired) electrons. The number of ether oxygens (including phenoxy) is 1. The average Bonchev–Trinajstić information content (AvgIpc) is 2.72. The van der Waals surface area contributed by atoms with Crippen LogP contribution in [0.1, 0.15) is 35.9 Å². The zero-order valence-corrected chi connectivity index (χ0v) is 16.9. The molecule has 1 atom stereocenters. The predicted octanol–water partition coefficient (Wildman–Crippen LogP) is 2.22. The first kappa shape index (κ1) is 22.1. The van der Waals surface area contributed by atoms with E-state index in [1.165, 1.54) is 31.2 Å². The molecule has 0 unspecified atom stereocenters. The van der Waals surface area contributed by atoms with Gasteiger partial charge >= 0.3 is 12.0 Å². The van der Waals surface area contributed by atoms with Crippen LogP contribution < -0.4 is 10.6 Å². The fraction of sp³-hybridized carbons (Fsp3) is 0.250. The Balaban J connectivity index is 2.36. The molecule has 29 heavy (non-hydrogen) atoms. The van der Waals surface area contributed by atoms with Crippen LogP contribution in [0.5, 0.6) is 0 Å². The first-order valence-corrected chi connectivity index (χ1v) is 10.6. The van der Waals surface area contributed by atoms with Gasteiger partial charge in [0.1, 0.15) is 0 Å². The largest absolute Gasteiger partial charge is 0.444 e. The van der Waals surface area contributed by atoms with Crippen molar-refractivity contribution in [1.82, 2.24) is 10.6 Å². The highest BCUT2D eigenvalue weighted by Gasteiger charge is 2.29. The summed E-state index contributed by atoms with van der Waals surface area (Å²) in [6, 6.07) is 13.0. The summed E-state index contributed by atoms with van der Waals surface area (Å²) in [5, 5.41) is 4.52. The van der Waals surface area contributed by atoms with E-state index in [4.69, 9.17) is 4.74 Å². The van der Waals surface area contributed by atoms with E-state index in [9.17, 15) is 22.8 Å². The van der Waals surface area contributed by atoms with Crippen LogP contribution in [0.15, 0.2) is 59.5 Å². The van der Waals surface area contributed by atoms with Gasteiger partial charge in [0.05, 0.1) is 16.2 Å². The summed E-state index contributed by atoms with van der Waals surface area (Å²) in [5.41, 5.74) is 0.152. The van der Waals surface area contributed by atoms with Crippen molar-refractivity contribution >= 4 is 27.7 Å². The van der Waals surface area contributed by atoms with Crippen LogP contribution in [-0.2, 0) is 19.4 Å². The number of carbonyl (C=O) groups excluding carboxylic acids is 3. The first-order chi connectivity index (χ1) is 13.8. The minimum atomic E-state index is -3.69. The topological polar surface area (TPSA) is 119 Å². The number of urea groups is 1. The molecule has 0 aliphatic rings. The van der Waals surface area contributed by atoms with E-state index in [-0.39, 0.29) is 16.2 Å². The molecule has 0 aromatic heterocycles. The molecule has 3 amide bonds. The van der Waals surface area contributed by atoms with Crippen LogP contribution in [0.25, 0.3) is 0 Å². The van der Waals surface area contributed by atoms with Gasteiger partial charge in [-0.1, -0.05) is 49.4 Å². The highest BCUT2D eigenvalue weighted by atomic mass is 32.2. The Morgan fingerprint density at radius 1 is 0.966 bits per heavy atom. The molecule has 0 fully saturated rings. The lowest BCUT2D eigenvalue weighted by Gasteiger charge is -2.18. The Morgan fingerprint density at radius 2 is 1.59 bits per heavy atom. The SMILES string of the molecule is CCNC(=O)NC(=O)[C@H](OC(=O)c1ccccc1S(=O)(=O)CC)c1ccccc1. The molecule has 0 aliphatic carbocycles. The second-order valence-corrected chi connectivity index (χ2v) is 8.19. The van der Waals surface area contributed by atoms with Crippen LogP contribution in [0.4, 0.5) is 4.79 Å². The molecule has 0 spiro atoms. The third-order valence-electron chi connectivity index (χ3n) is 3.96. The van der Waals surface area contributed by atoms with Crippen molar-refractivity contribution < 1.29 is 27.5 Å². The van der Waals surface area contributed by atoms with Gasteiger partial charge in [-0.15, -0.1) is 0 Å². The second-order valence-electron chi connectivity index (χ2n) is 5.94. The van der Waals surface area contributed by atoms with Gasteiger partial charge in [0, 0.05) is 12.1 Å². The zero-order valence-electron chi connectivity index (χ0n) is 16.0. The van der Waals surface area contributed by atoms with Gasteiger partial charge in [-0.05, 0) is 19.1 Å². The quantitative estimate of drug-likeness (QED) is 0.666. The molecule has 9 heteroatoms. The maximum absolute atomic E-state index is 12.8. The van der Waals surface area contributed by atoms with Gasteiger partial charge in [0.2, 0.25) is 6.10 Å². The number of benzene rings is 2. The van der Waals surface area contributed by atoms with Crippen LogP contribution >= 0.6 is 0 Å². The van der Waals surface area contributed by atoms with E-state index in [1.54, 1.807) is 37.3 Å². The van der Waals surface area contributed by atoms with Crippen molar-refractivity contribution in [3.05, 3.63) is 65.7 Å². The molecule has 0 heterocycles. The minimum absolute atomic E-state index is 0.177. The molecule has 0 bridgehead atoms. The van der Waals surface area contributed by atoms with E-state index in [0.29, 0.717) is 12.1 Å². The molecular formula is C20H22N2O6S. The van der Waals surface area contributed by atoms with Gasteiger partial charge < -0.3 is 10.1 Å². The maximum atomic E-state index is 12.8. The summed E-state index contributed by atoms with van der Waals surface area (Å²) < 4.78 is 29.9. The predicted molar refractivity (Wildman–Crippen MR) is 106 cm³/mol. The highest BCUT2D eigenvalue weighted by molar-refractivity contribution is 7.91. The normalized spacial score (nSPS) is 11.9. The summed E-state index contributed by atoms with van der Waals surface area (Å²) in [6.07, 6.45) is -1.44. The van der Waals surface area contributed by atoms with Crippen LogP contribution in [0, 0.1) is 0 Å². The van der Waals surface area contributed by atoms with Gasteiger partial charge in [0.15, 0.2) is 9.84 Å². The van der Waals surface area contributed by atoms with Crippen LogP contribution in [-0.4, -0.2) is 38.6 Å². The number of carbonyl (C=O) groups is 3. The number of rotatable bonds is 7. The Hall–Kier alpha value is -3.20. The first-order valence-electron chi connectivity index (χ1n) is 8.96. The summed E-state index contributed by atoms with van der Waals surface area (Å²) in [6.45, 7) is 3.45. The summed E-state index contributed by atoms with van der Waals surface area (Å²) in [5.74, 6) is -2.04. The van der Waals surface area contributed by atoms with Crippen molar-refractivity contribution in [2.24, 2.45) is 0 Å². The maximum Gasteiger partial charge on any atom is 0.340 e. The van der Waals surface area contributed by atoms with Crippen molar-refractivity contribution in [1.29, 1.82) is 0 Å². The van der Waals surface area contributed by atoms with Crippen molar-refractivity contribution in [3.63, 3.8) is 0 Å². The number of amides is 3. The van der Waals surface area contributed by atoms with Gasteiger partial charge in [-0.3, -0.25) is 10.1 Å². The Labute approximate surface area is 169 Å². The molecule has 2 rings (SSSR count). The second kappa shape index (κ2) is 9.83. The lowest BCUT2D eigenvalue weighted by atomic mass is 10.1. The molecular weight excluding hydrogens is 396 g/mol. The van der Waals surface area contributed by atoms with E-state index in [2.05, 4.69) is 10.6 Å². The van der Waals surface area contributed by atoms with Crippen molar-refractivity contribution in [2.75, 3.05) is 12.3 Å². The molecule has 0 saturated heterocycles. The standard InChI is InChI=1S/C20H22N2O6S/c1-3-21-20(25)22-18(23)17(14-10-6-5-7-11-14)28-19(24)15-12-8-9-13-16(15)29(26,27)4-2/h5-13,17H,3-4H2,1-2H3,(H2,21,22,23,25)/t17-/m1/s1. The van der Waals surface area contributed by atoms with E-state index in [0.717, 1.165) is 0 Å². The molecule has 2 aromatic carbocycles. The molecule has 154 valence electrons. The van der Waals surface area contributed by atoms with Crippen molar-refractivity contribution in [3.8, 4) is 0 Å². The molecule has 8 nitrogen and oxygen atoms in total. The Morgan fingerprint density at radius 3 is 2.21 bits per heavy atom. The van der Waals surface area contributed by atoms with Crippen LogP contribution in [0.3, 0.4) is 0 Å². The molecule has 2 N–H and O–H groups in total. The third kappa shape index (κ3) is 5.64. The number of hydrogen-bond acceptors (Lipinski definition) is 6. The average molecular weight is 418 g/mol. The molecule has 2 aromatic rings. The van der Waals surface area contributed by atoms with Crippen molar-refractivity contribution in [2.45, 2.75) is 24.8 Å². The fourth-order valence-corrected chi connectivity index (χ4v) is 3.60. The number of sulfone groups is 1. The summed E-state index contributed by atoms with van der Waals surface area (Å²) in [4.78, 5) is 36.9. The van der Waals surface area contributed by atoms with Gasteiger partial charge in [-0.2, -0.15) is 0 Å². The summed E-state index contributed by atoms with van der Waals surface area (Å²) >= 11 is 0. The van der Waals surface area contributed by atoms with E-state index in [1.807, 2.05) is 0 Å². The smallest absolute Gasteiger partial charge is 0.340 e. The molecule has 0 saturated carbocycles. The third-order valence-corrected chi connectivity index (χ3v) is 5.75. The van der Waals surface area contributed by atoms with E-state index >= 15 is 0 Å². The fourth-order valence-electron chi connectivity index (χ4n) is 2.52.